The van der Waals surface area contributed by atoms with Crippen LogP contribution in [0.25, 0.3) is 0 Å². The molecule has 70 valence electrons. The number of epoxide rings is 1. The molecule has 1 heterocycles. The molecule has 12 heavy (non-hydrogen) atoms. The number of rotatable bonds is 0. The van der Waals surface area contributed by atoms with Crippen LogP contribution < -0.4 is 0 Å². The molecular weight excluding hydrogens is 152 g/mol. The van der Waals surface area contributed by atoms with Gasteiger partial charge in [0.05, 0.1) is 11.7 Å². The van der Waals surface area contributed by atoms with Gasteiger partial charge in [-0.05, 0) is 25.7 Å². The highest BCUT2D eigenvalue weighted by Gasteiger charge is 2.72. The Kier molecular flexibility index (Phi) is 1.33. The molecule has 0 aromatic rings. The van der Waals surface area contributed by atoms with Crippen LogP contribution in [0.15, 0.2) is 0 Å². The van der Waals surface area contributed by atoms with Crippen molar-refractivity contribution < 1.29 is 9.84 Å². The van der Waals surface area contributed by atoms with Gasteiger partial charge < -0.3 is 9.84 Å². The normalized spacial score (nSPS) is 56.2. The maximum absolute atomic E-state index is 9.64. The van der Waals surface area contributed by atoms with Gasteiger partial charge in [0.25, 0.3) is 0 Å². The second kappa shape index (κ2) is 1.88. The van der Waals surface area contributed by atoms with Gasteiger partial charge in [0.2, 0.25) is 0 Å². The number of hydrogen-bond donors (Lipinski definition) is 1. The molecule has 2 heteroatoms. The summed E-state index contributed by atoms with van der Waals surface area (Å²) in [4.78, 5) is 0. The molecule has 0 bridgehead atoms. The summed E-state index contributed by atoms with van der Waals surface area (Å²) in [5.74, 6) is 0. The van der Waals surface area contributed by atoms with E-state index in [1.165, 1.54) is 0 Å². The molecule has 0 amide bonds. The van der Waals surface area contributed by atoms with Gasteiger partial charge in [0, 0.05) is 6.42 Å². The molecule has 1 saturated carbocycles. The zero-order valence-electron chi connectivity index (χ0n) is 8.35. The van der Waals surface area contributed by atoms with E-state index in [2.05, 4.69) is 27.7 Å². The summed E-state index contributed by atoms with van der Waals surface area (Å²) in [6, 6.07) is 0. The van der Waals surface area contributed by atoms with Crippen LogP contribution in [0.4, 0.5) is 0 Å². The van der Waals surface area contributed by atoms with E-state index in [0.29, 0.717) is 0 Å². The van der Waals surface area contributed by atoms with Crippen LogP contribution in [0.5, 0.6) is 0 Å². The molecule has 2 rings (SSSR count). The minimum atomic E-state index is -0.180. The number of fused-ring (bicyclic) bond motifs is 1. The average molecular weight is 170 g/mol. The zero-order chi connectivity index (χ0) is 9.20. The Bertz CT molecular complexity index is 224. The van der Waals surface area contributed by atoms with Crippen LogP contribution in [-0.2, 0) is 4.74 Å². The fraction of sp³-hybridized carbons (Fsp3) is 1.00. The van der Waals surface area contributed by atoms with Crippen molar-refractivity contribution in [2.75, 3.05) is 0 Å². The highest BCUT2D eigenvalue weighted by molar-refractivity contribution is 5.21. The summed E-state index contributed by atoms with van der Waals surface area (Å²) >= 11 is 0. The molecule has 1 saturated heterocycles. The lowest BCUT2D eigenvalue weighted by Crippen LogP contribution is -2.45. The molecule has 1 aliphatic heterocycles. The molecule has 0 spiro atoms. The molecule has 2 nitrogen and oxygen atoms in total. The van der Waals surface area contributed by atoms with Crippen molar-refractivity contribution in [2.45, 2.75) is 57.8 Å². The summed E-state index contributed by atoms with van der Waals surface area (Å²) in [6.45, 7) is 8.64. The van der Waals surface area contributed by atoms with Crippen molar-refractivity contribution in [3.63, 3.8) is 0 Å². The van der Waals surface area contributed by atoms with E-state index < -0.39 is 0 Å². The Hall–Kier alpha value is -0.0800. The molecule has 0 aromatic heterocycles. The predicted molar refractivity (Wildman–Crippen MR) is 46.9 cm³/mol. The van der Waals surface area contributed by atoms with Crippen molar-refractivity contribution in [1.82, 2.24) is 0 Å². The van der Waals surface area contributed by atoms with Crippen LogP contribution in [0.1, 0.15) is 40.5 Å². The summed E-state index contributed by atoms with van der Waals surface area (Å²) < 4.78 is 5.78. The van der Waals surface area contributed by atoms with Gasteiger partial charge in [-0.25, -0.2) is 0 Å². The largest absolute Gasteiger partial charge is 0.393 e. The number of aliphatic hydroxyl groups excluding tert-OH is 1. The summed E-state index contributed by atoms with van der Waals surface area (Å²) in [5.41, 5.74) is 0.0484. The quantitative estimate of drug-likeness (QED) is 0.561. The zero-order valence-corrected chi connectivity index (χ0v) is 8.35. The molecule has 2 aliphatic rings. The summed E-state index contributed by atoms with van der Waals surface area (Å²) in [5, 5.41) is 9.64. The van der Waals surface area contributed by atoms with Gasteiger partial charge >= 0.3 is 0 Å². The second-order valence-corrected chi connectivity index (χ2v) is 5.31. The fourth-order valence-electron chi connectivity index (χ4n) is 2.82. The minimum Gasteiger partial charge on any atom is -0.393 e. The molecular formula is C10H18O2. The Morgan fingerprint density at radius 2 is 1.75 bits per heavy atom. The van der Waals surface area contributed by atoms with E-state index in [1.807, 2.05) is 0 Å². The van der Waals surface area contributed by atoms with Crippen molar-refractivity contribution >= 4 is 0 Å². The first kappa shape index (κ1) is 8.52. The van der Waals surface area contributed by atoms with Crippen molar-refractivity contribution in [3.8, 4) is 0 Å². The van der Waals surface area contributed by atoms with E-state index >= 15 is 0 Å². The van der Waals surface area contributed by atoms with Gasteiger partial charge in [-0.1, -0.05) is 13.8 Å². The third-order valence-corrected chi connectivity index (χ3v) is 4.06. The Balaban J connectivity index is 2.30. The van der Waals surface area contributed by atoms with Crippen molar-refractivity contribution in [1.29, 1.82) is 0 Å². The van der Waals surface area contributed by atoms with E-state index in [1.54, 1.807) is 0 Å². The molecule has 1 N–H and O–H groups in total. The van der Waals surface area contributed by atoms with E-state index in [-0.39, 0.29) is 22.7 Å². The molecule has 3 atom stereocenters. The van der Waals surface area contributed by atoms with Crippen LogP contribution in [-0.4, -0.2) is 22.4 Å². The van der Waals surface area contributed by atoms with E-state index in [4.69, 9.17) is 4.74 Å². The van der Waals surface area contributed by atoms with Gasteiger partial charge in [-0.15, -0.1) is 0 Å². The summed E-state index contributed by atoms with van der Waals surface area (Å²) in [6.07, 6.45) is 1.48. The average Bonchev–Trinajstić information content (AvgIpc) is 2.32. The van der Waals surface area contributed by atoms with Gasteiger partial charge in [-0.3, -0.25) is 0 Å². The topological polar surface area (TPSA) is 32.8 Å². The van der Waals surface area contributed by atoms with Crippen LogP contribution >= 0.6 is 0 Å². The van der Waals surface area contributed by atoms with Crippen LogP contribution in [0, 0.1) is 5.41 Å². The van der Waals surface area contributed by atoms with Gasteiger partial charge in [0.1, 0.15) is 5.60 Å². The smallest absolute Gasteiger partial charge is 0.100 e. The van der Waals surface area contributed by atoms with Crippen LogP contribution in [0.2, 0.25) is 0 Å². The van der Waals surface area contributed by atoms with E-state index in [9.17, 15) is 5.11 Å². The third-order valence-electron chi connectivity index (χ3n) is 4.06. The Labute approximate surface area is 73.9 Å². The first-order chi connectivity index (χ1) is 5.31. The second-order valence-electron chi connectivity index (χ2n) is 5.31. The summed E-state index contributed by atoms with van der Waals surface area (Å²) in [7, 11) is 0. The van der Waals surface area contributed by atoms with Crippen molar-refractivity contribution in [2.24, 2.45) is 5.41 Å². The molecule has 3 unspecified atom stereocenters. The lowest BCUT2D eigenvalue weighted by atomic mass is 9.64. The minimum absolute atomic E-state index is 0.000764. The number of ether oxygens (including phenoxy) is 1. The first-order valence-corrected chi connectivity index (χ1v) is 4.69. The first-order valence-electron chi connectivity index (χ1n) is 4.69. The van der Waals surface area contributed by atoms with Gasteiger partial charge in [0.15, 0.2) is 0 Å². The van der Waals surface area contributed by atoms with Gasteiger partial charge in [-0.2, -0.15) is 0 Å². The number of aliphatic hydroxyl groups is 1. The standard InChI is InChI=1S/C10H18O2/c1-8(2)5-7(11)6-9(3)10(8,4)12-9/h7,11H,5-6H2,1-4H3. The van der Waals surface area contributed by atoms with Crippen molar-refractivity contribution in [3.05, 3.63) is 0 Å². The molecule has 0 radical (unpaired) electrons. The predicted octanol–water partition coefficient (Wildman–Crippen LogP) is 1.71. The molecule has 2 fully saturated rings. The molecule has 0 aromatic carbocycles. The fourth-order valence-corrected chi connectivity index (χ4v) is 2.82. The highest BCUT2D eigenvalue weighted by Crippen LogP contribution is 2.64. The SMILES string of the molecule is CC1(C)CC(O)CC2(C)OC12C. The highest BCUT2D eigenvalue weighted by atomic mass is 16.6. The maximum Gasteiger partial charge on any atom is 0.100 e. The lowest BCUT2D eigenvalue weighted by Gasteiger charge is -2.38. The Morgan fingerprint density at radius 3 is 2.25 bits per heavy atom. The number of hydrogen-bond acceptors (Lipinski definition) is 2. The monoisotopic (exact) mass is 170 g/mol. The molecule has 1 aliphatic carbocycles. The Morgan fingerprint density at radius 1 is 1.17 bits per heavy atom. The maximum atomic E-state index is 9.64. The van der Waals surface area contributed by atoms with E-state index in [0.717, 1.165) is 12.8 Å². The van der Waals surface area contributed by atoms with Crippen LogP contribution in [0.3, 0.4) is 0 Å². The lowest BCUT2D eigenvalue weighted by molar-refractivity contribution is 0.0421. The third kappa shape index (κ3) is 0.775.